The molecular formula is C27H31Cl4N5O10S2. The standard InChI is InChI=1S/C17H19Cl2N3O5S.C10H12Cl2N2O5S/c1-2-27-10-9-20-28(25,26)16-12(19)7-8-14(15(16)23)22-17(24)21-13-6-4-3-5-11(13)18;1-2-19-6-5-13-20(17,18)10-7(11)3-4-8(9(10)12)14(15)16/h3-8,20,23H,2,9-10H2,1H3,(H2,21,22,24);3-4,13H,2,5-6H2,1H3. The average molecular weight is 792 g/mol. The van der Waals surface area contributed by atoms with Gasteiger partial charge in [-0.2, -0.15) is 0 Å². The molecule has 0 saturated carbocycles. The molecule has 0 heterocycles. The third-order valence-electron chi connectivity index (χ3n) is 5.70. The van der Waals surface area contributed by atoms with Crippen LogP contribution in [-0.4, -0.2) is 72.4 Å². The first-order valence-electron chi connectivity index (χ1n) is 13.7. The van der Waals surface area contributed by atoms with Crippen molar-refractivity contribution in [2.75, 3.05) is 50.2 Å². The second kappa shape index (κ2) is 19.3. The first kappa shape index (κ1) is 41.2. The topological polar surface area (TPSA) is 215 Å². The van der Waals surface area contributed by atoms with Crippen molar-refractivity contribution < 1.29 is 41.1 Å². The van der Waals surface area contributed by atoms with Gasteiger partial charge >= 0.3 is 6.03 Å². The Morgan fingerprint density at radius 1 is 0.771 bits per heavy atom. The highest BCUT2D eigenvalue weighted by Crippen LogP contribution is 2.37. The van der Waals surface area contributed by atoms with Gasteiger partial charge in [0.25, 0.3) is 5.69 Å². The van der Waals surface area contributed by atoms with Gasteiger partial charge in [0, 0.05) is 32.4 Å². The molecule has 0 aliphatic heterocycles. The number of nitrogens with zero attached hydrogens (tertiary/aromatic N) is 1. The number of phenols is 1. The maximum absolute atomic E-state index is 12.5. The van der Waals surface area contributed by atoms with Gasteiger partial charge in [0.1, 0.15) is 14.8 Å². The fourth-order valence-electron chi connectivity index (χ4n) is 3.58. The van der Waals surface area contributed by atoms with Crippen LogP contribution in [0.5, 0.6) is 5.75 Å². The van der Waals surface area contributed by atoms with Crippen LogP contribution in [-0.2, 0) is 29.5 Å². The number of rotatable bonds is 15. The van der Waals surface area contributed by atoms with E-state index in [2.05, 4.69) is 20.1 Å². The first-order valence-corrected chi connectivity index (χ1v) is 18.2. The normalized spacial score (nSPS) is 11.4. The zero-order valence-electron chi connectivity index (χ0n) is 25.3. The third-order valence-corrected chi connectivity index (χ3v) is 10.5. The Hall–Kier alpha value is -2.97. The van der Waals surface area contributed by atoms with E-state index in [9.17, 15) is 36.9 Å². The van der Waals surface area contributed by atoms with Gasteiger partial charge in [-0.25, -0.2) is 31.1 Å². The van der Waals surface area contributed by atoms with E-state index in [1.54, 1.807) is 38.1 Å². The number of sulfonamides is 2. The van der Waals surface area contributed by atoms with E-state index in [0.29, 0.717) is 23.9 Å². The van der Waals surface area contributed by atoms with Crippen LogP contribution in [0.4, 0.5) is 21.9 Å². The molecule has 0 unspecified atom stereocenters. The molecule has 0 saturated heterocycles. The fraction of sp³-hybridized carbons (Fsp3) is 0.296. The smallest absolute Gasteiger partial charge is 0.323 e. The number of urea groups is 1. The molecule has 0 radical (unpaired) electrons. The lowest BCUT2D eigenvalue weighted by Gasteiger charge is -2.14. The van der Waals surface area contributed by atoms with Gasteiger partial charge in [-0.15, -0.1) is 0 Å². The number of anilines is 2. The molecule has 0 atom stereocenters. The number of nitro groups is 1. The van der Waals surface area contributed by atoms with Gasteiger partial charge in [-0.3, -0.25) is 10.1 Å². The van der Waals surface area contributed by atoms with Crippen molar-refractivity contribution in [1.29, 1.82) is 0 Å². The van der Waals surface area contributed by atoms with Crippen LogP contribution in [0, 0.1) is 10.1 Å². The molecule has 3 aromatic rings. The maximum Gasteiger partial charge on any atom is 0.323 e. The number of carbonyl (C=O) groups excluding carboxylic acids is 1. The van der Waals surface area contributed by atoms with Crippen LogP contribution in [0.3, 0.4) is 0 Å². The van der Waals surface area contributed by atoms with Gasteiger partial charge in [0.2, 0.25) is 20.0 Å². The van der Waals surface area contributed by atoms with Crippen molar-refractivity contribution >= 4 is 89.5 Å². The number of hydrogen-bond acceptors (Lipinski definition) is 10. The summed E-state index contributed by atoms with van der Waals surface area (Å²) in [4.78, 5) is 21.1. The number of aromatic hydroxyl groups is 1. The van der Waals surface area contributed by atoms with Crippen molar-refractivity contribution in [1.82, 2.24) is 9.44 Å². The summed E-state index contributed by atoms with van der Waals surface area (Å²) < 4.78 is 63.6. The Balaban J connectivity index is 0.000000353. The Labute approximate surface area is 297 Å². The summed E-state index contributed by atoms with van der Waals surface area (Å²) in [6, 6.07) is 10.5. The second-order valence-electron chi connectivity index (χ2n) is 8.99. The van der Waals surface area contributed by atoms with E-state index in [1.165, 1.54) is 12.1 Å². The minimum Gasteiger partial charge on any atom is -0.504 e. The van der Waals surface area contributed by atoms with E-state index in [4.69, 9.17) is 55.9 Å². The van der Waals surface area contributed by atoms with Gasteiger partial charge in [0.15, 0.2) is 5.75 Å². The number of benzene rings is 3. The van der Waals surface area contributed by atoms with Crippen molar-refractivity contribution in [3.05, 3.63) is 78.7 Å². The van der Waals surface area contributed by atoms with E-state index < -0.39 is 57.3 Å². The Morgan fingerprint density at radius 2 is 1.27 bits per heavy atom. The Morgan fingerprint density at radius 3 is 1.81 bits per heavy atom. The third kappa shape index (κ3) is 11.9. The molecule has 48 heavy (non-hydrogen) atoms. The molecule has 264 valence electrons. The van der Waals surface area contributed by atoms with Crippen LogP contribution < -0.4 is 20.1 Å². The molecule has 0 fully saturated rings. The van der Waals surface area contributed by atoms with Crippen LogP contribution in [0.15, 0.2) is 58.3 Å². The fourth-order valence-corrected chi connectivity index (χ4v) is 7.62. The summed E-state index contributed by atoms with van der Waals surface area (Å²) in [6.07, 6.45) is 0. The van der Waals surface area contributed by atoms with Crippen LogP contribution in [0.1, 0.15) is 13.8 Å². The monoisotopic (exact) mass is 789 g/mol. The second-order valence-corrected chi connectivity index (χ2v) is 14.0. The molecule has 2 amide bonds. The minimum atomic E-state index is -4.13. The SMILES string of the molecule is CCOCCNS(=O)(=O)c1c(Cl)ccc(NC(=O)Nc2ccccc2Cl)c1O.CCOCCNS(=O)(=O)c1c(Cl)ccc([N+](=O)[O-])c1Cl. The number of nitrogens with one attached hydrogen (secondary N) is 4. The zero-order chi connectivity index (χ0) is 36.1. The molecule has 15 nitrogen and oxygen atoms in total. The molecule has 21 heteroatoms. The highest BCUT2D eigenvalue weighted by molar-refractivity contribution is 7.90. The summed E-state index contributed by atoms with van der Waals surface area (Å²) in [7, 11) is -8.19. The molecule has 0 aliphatic carbocycles. The zero-order valence-corrected chi connectivity index (χ0v) is 29.9. The number of ether oxygens (including phenoxy) is 2. The minimum absolute atomic E-state index is 0.00338. The Kier molecular flexibility index (Phi) is 16.5. The highest BCUT2D eigenvalue weighted by atomic mass is 35.5. The summed E-state index contributed by atoms with van der Waals surface area (Å²) in [6.45, 7) is 4.75. The molecule has 0 aliphatic rings. The van der Waals surface area contributed by atoms with E-state index >= 15 is 0 Å². The predicted molar refractivity (Wildman–Crippen MR) is 184 cm³/mol. The van der Waals surface area contributed by atoms with Crippen molar-refractivity contribution in [2.24, 2.45) is 0 Å². The lowest BCUT2D eigenvalue weighted by Crippen LogP contribution is -2.28. The number of carbonyl (C=O) groups is 1. The number of para-hydroxylation sites is 1. The van der Waals surface area contributed by atoms with Gasteiger partial charge in [-0.1, -0.05) is 58.5 Å². The molecule has 3 aromatic carbocycles. The van der Waals surface area contributed by atoms with Crippen molar-refractivity contribution in [3.8, 4) is 5.75 Å². The first-order chi connectivity index (χ1) is 22.6. The molecule has 0 spiro atoms. The molecule has 0 bridgehead atoms. The van der Waals surface area contributed by atoms with E-state index in [0.717, 1.165) is 12.1 Å². The predicted octanol–water partition coefficient (Wildman–Crippen LogP) is 5.87. The van der Waals surface area contributed by atoms with Gasteiger partial charge in [0.05, 0.1) is 44.6 Å². The van der Waals surface area contributed by atoms with Crippen molar-refractivity contribution in [3.63, 3.8) is 0 Å². The number of nitro benzene ring substituents is 1. The van der Waals surface area contributed by atoms with Crippen LogP contribution in [0.2, 0.25) is 20.1 Å². The lowest BCUT2D eigenvalue weighted by molar-refractivity contribution is -0.384. The largest absolute Gasteiger partial charge is 0.504 e. The Bertz CT molecular complexity index is 1820. The molecular weight excluding hydrogens is 760 g/mol. The summed E-state index contributed by atoms with van der Waals surface area (Å²) in [5.41, 5.74) is -0.319. The molecule has 5 N–H and O–H groups in total. The lowest BCUT2D eigenvalue weighted by atomic mass is 10.3. The van der Waals surface area contributed by atoms with Crippen LogP contribution in [0.25, 0.3) is 0 Å². The number of amides is 2. The highest BCUT2D eigenvalue weighted by Gasteiger charge is 2.28. The van der Waals surface area contributed by atoms with E-state index in [1.807, 2.05) is 0 Å². The average Bonchev–Trinajstić information content (AvgIpc) is 3.00. The molecule has 3 rings (SSSR count). The van der Waals surface area contributed by atoms with Gasteiger partial charge < -0.3 is 25.2 Å². The van der Waals surface area contributed by atoms with E-state index in [-0.39, 0.29) is 42.0 Å². The van der Waals surface area contributed by atoms with Crippen LogP contribution >= 0.6 is 46.4 Å². The quantitative estimate of drug-likeness (QED) is 0.0534. The number of halogens is 4. The number of hydrogen-bond donors (Lipinski definition) is 5. The number of phenolic OH excluding ortho intramolecular Hbond substituents is 1. The maximum atomic E-state index is 12.5. The molecule has 0 aromatic heterocycles. The summed E-state index contributed by atoms with van der Waals surface area (Å²) in [5, 5.41) is 25.4. The summed E-state index contributed by atoms with van der Waals surface area (Å²) in [5.74, 6) is -0.689. The van der Waals surface area contributed by atoms with Gasteiger partial charge in [-0.05, 0) is 44.2 Å². The summed E-state index contributed by atoms with van der Waals surface area (Å²) >= 11 is 23.5. The van der Waals surface area contributed by atoms with Crippen molar-refractivity contribution in [2.45, 2.75) is 23.6 Å².